The molecule has 0 spiro atoms. The van der Waals surface area contributed by atoms with Crippen molar-refractivity contribution in [3.63, 3.8) is 0 Å². The third-order valence-corrected chi connectivity index (χ3v) is 4.06. The highest BCUT2D eigenvalue weighted by Gasteiger charge is 2.33. The third kappa shape index (κ3) is 9.92. The van der Waals surface area contributed by atoms with Crippen LogP contribution >= 0.6 is 0 Å². The first-order valence-corrected chi connectivity index (χ1v) is 8.52. The predicted octanol–water partition coefficient (Wildman–Crippen LogP) is 5.83. The molecule has 0 bridgehead atoms. The molecule has 1 atom stereocenters. The lowest BCUT2D eigenvalue weighted by atomic mass is 10.1. The maximum absolute atomic E-state index is 10.8. The second-order valence-corrected chi connectivity index (χ2v) is 6.03. The van der Waals surface area contributed by atoms with Crippen LogP contribution < -0.4 is 0 Å². The van der Waals surface area contributed by atoms with Crippen molar-refractivity contribution in [3.05, 3.63) is 12.2 Å². The summed E-state index contributed by atoms with van der Waals surface area (Å²) in [6.45, 7) is 2.27. The van der Waals surface area contributed by atoms with Gasteiger partial charge in [-0.1, -0.05) is 64.0 Å². The lowest BCUT2D eigenvalue weighted by Crippen LogP contribution is -1.82. The summed E-state index contributed by atoms with van der Waals surface area (Å²) in [5, 5.41) is 0. The average Bonchev–Trinajstić information content (AvgIpc) is 3.11. The van der Waals surface area contributed by atoms with Crippen molar-refractivity contribution >= 4 is 5.78 Å². The fourth-order valence-corrected chi connectivity index (χ4v) is 2.55. The van der Waals surface area contributed by atoms with Gasteiger partial charge < -0.3 is 0 Å². The highest BCUT2D eigenvalue weighted by atomic mass is 16.1. The monoisotopic (exact) mass is 264 g/mol. The van der Waals surface area contributed by atoms with E-state index in [1.54, 1.807) is 0 Å². The number of carbonyl (C=O) groups excluding carboxylic acids is 1. The molecule has 0 aromatic carbocycles. The molecule has 0 N–H and O–H groups in total. The lowest BCUT2D eigenvalue weighted by Gasteiger charge is -1.98. The highest BCUT2D eigenvalue weighted by Crippen LogP contribution is 2.29. The summed E-state index contributed by atoms with van der Waals surface area (Å²) in [7, 11) is 0. The van der Waals surface area contributed by atoms with Gasteiger partial charge in [0.1, 0.15) is 5.78 Å². The van der Waals surface area contributed by atoms with Gasteiger partial charge in [0.2, 0.25) is 0 Å². The minimum absolute atomic E-state index is 0.461. The molecule has 19 heavy (non-hydrogen) atoms. The molecule has 1 fully saturated rings. The number of unbranched alkanes of at least 4 members (excludes halogenated alkanes) is 9. The van der Waals surface area contributed by atoms with Gasteiger partial charge in [-0.25, -0.2) is 0 Å². The molecule has 0 amide bonds. The van der Waals surface area contributed by atoms with Crippen molar-refractivity contribution in [1.82, 2.24) is 0 Å². The minimum Gasteiger partial charge on any atom is -0.299 e. The number of allylic oxidation sites excluding steroid dienone is 2. The van der Waals surface area contributed by atoms with Crippen LogP contribution in [0.2, 0.25) is 0 Å². The van der Waals surface area contributed by atoms with E-state index in [0.29, 0.717) is 11.7 Å². The van der Waals surface area contributed by atoms with Gasteiger partial charge in [-0.05, 0) is 32.1 Å². The van der Waals surface area contributed by atoms with Crippen LogP contribution in [0.25, 0.3) is 0 Å². The summed E-state index contributed by atoms with van der Waals surface area (Å²) < 4.78 is 0. The maximum atomic E-state index is 10.8. The zero-order valence-electron chi connectivity index (χ0n) is 12.8. The van der Waals surface area contributed by atoms with Crippen LogP contribution in [-0.2, 0) is 4.79 Å². The first-order chi connectivity index (χ1) is 9.34. The molecular weight excluding hydrogens is 232 g/mol. The van der Waals surface area contributed by atoms with Gasteiger partial charge in [-0.2, -0.15) is 0 Å². The minimum atomic E-state index is 0.461. The summed E-state index contributed by atoms with van der Waals surface area (Å²) in [6.07, 6.45) is 21.4. The number of rotatable bonds is 13. The molecule has 0 saturated heterocycles. The van der Waals surface area contributed by atoms with E-state index < -0.39 is 0 Å². The summed E-state index contributed by atoms with van der Waals surface area (Å²) in [5.41, 5.74) is 0. The molecule has 1 nitrogen and oxygen atoms in total. The summed E-state index contributed by atoms with van der Waals surface area (Å²) in [4.78, 5) is 10.8. The smallest absolute Gasteiger partial charge is 0.137 e. The Bertz CT molecular complexity index is 254. The Kier molecular flexibility index (Phi) is 9.75. The zero-order valence-corrected chi connectivity index (χ0v) is 12.8. The maximum Gasteiger partial charge on any atom is 0.137 e. The van der Waals surface area contributed by atoms with Crippen LogP contribution in [0.15, 0.2) is 12.2 Å². The second kappa shape index (κ2) is 11.3. The second-order valence-electron chi connectivity index (χ2n) is 6.03. The lowest BCUT2D eigenvalue weighted by molar-refractivity contribution is -0.111. The van der Waals surface area contributed by atoms with E-state index in [2.05, 4.69) is 19.1 Å². The molecule has 1 unspecified atom stereocenters. The third-order valence-electron chi connectivity index (χ3n) is 4.06. The summed E-state index contributed by atoms with van der Waals surface area (Å²) in [5.74, 6) is 0.960. The van der Waals surface area contributed by atoms with E-state index in [-0.39, 0.29) is 0 Å². The topological polar surface area (TPSA) is 17.1 Å². The molecule has 1 heteroatoms. The van der Waals surface area contributed by atoms with E-state index in [1.807, 2.05) is 0 Å². The van der Waals surface area contributed by atoms with E-state index in [0.717, 1.165) is 12.8 Å². The Hall–Kier alpha value is -0.590. The standard InChI is InChI=1S/C18H32O/c1-2-3-4-5-6-7-8-9-10-11-12-13-14-15-17-16-18(17)19/h9-10,17H,2-8,11-16H2,1H3. The Balaban J connectivity index is 1.71. The normalized spacial score (nSPS) is 18.4. The van der Waals surface area contributed by atoms with Crippen molar-refractivity contribution in [1.29, 1.82) is 0 Å². The number of carbonyl (C=O) groups is 1. The Morgan fingerprint density at radius 1 is 0.895 bits per heavy atom. The quantitative estimate of drug-likeness (QED) is 0.302. The van der Waals surface area contributed by atoms with Crippen molar-refractivity contribution in [2.24, 2.45) is 5.92 Å². The van der Waals surface area contributed by atoms with Crippen LogP contribution in [-0.4, -0.2) is 5.78 Å². The molecular formula is C18H32O. The first kappa shape index (κ1) is 16.5. The van der Waals surface area contributed by atoms with Crippen molar-refractivity contribution in [2.75, 3.05) is 0 Å². The van der Waals surface area contributed by atoms with Gasteiger partial charge in [0.25, 0.3) is 0 Å². The van der Waals surface area contributed by atoms with E-state index in [1.165, 1.54) is 70.6 Å². The van der Waals surface area contributed by atoms with Crippen LogP contribution in [0, 0.1) is 5.92 Å². The average molecular weight is 264 g/mol. The zero-order chi connectivity index (χ0) is 13.8. The molecule has 0 aliphatic heterocycles. The summed E-state index contributed by atoms with van der Waals surface area (Å²) >= 11 is 0. The van der Waals surface area contributed by atoms with Gasteiger partial charge in [-0.15, -0.1) is 0 Å². The molecule has 1 aliphatic rings. The number of hydrogen-bond donors (Lipinski definition) is 0. The fourth-order valence-electron chi connectivity index (χ4n) is 2.55. The van der Waals surface area contributed by atoms with Gasteiger partial charge in [0.15, 0.2) is 0 Å². The molecule has 1 saturated carbocycles. The molecule has 1 rings (SSSR count). The van der Waals surface area contributed by atoms with Crippen LogP contribution in [0.5, 0.6) is 0 Å². The van der Waals surface area contributed by atoms with E-state index >= 15 is 0 Å². The van der Waals surface area contributed by atoms with Gasteiger partial charge in [-0.3, -0.25) is 4.79 Å². The summed E-state index contributed by atoms with van der Waals surface area (Å²) in [6, 6.07) is 0. The van der Waals surface area contributed by atoms with Gasteiger partial charge >= 0.3 is 0 Å². The predicted molar refractivity (Wildman–Crippen MR) is 83.3 cm³/mol. The first-order valence-electron chi connectivity index (χ1n) is 8.52. The van der Waals surface area contributed by atoms with Crippen LogP contribution in [0.4, 0.5) is 0 Å². The van der Waals surface area contributed by atoms with Crippen LogP contribution in [0.3, 0.4) is 0 Å². The SMILES string of the molecule is CCCCCCCCC=CCCCCCC1CC1=O. The fraction of sp³-hybridized carbons (Fsp3) is 0.833. The molecule has 110 valence electrons. The van der Waals surface area contributed by atoms with E-state index in [4.69, 9.17) is 0 Å². The van der Waals surface area contributed by atoms with Crippen molar-refractivity contribution in [3.8, 4) is 0 Å². The molecule has 0 heterocycles. The Labute approximate surface area is 119 Å². The van der Waals surface area contributed by atoms with Crippen molar-refractivity contribution < 1.29 is 4.79 Å². The highest BCUT2D eigenvalue weighted by molar-refractivity contribution is 5.95. The van der Waals surface area contributed by atoms with Crippen LogP contribution in [0.1, 0.15) is 90.4 Å². The van der Waals surface area contributed by atoms with Gasteiger partial charge in [0.05, 0.1) is 0 Å². The van der Waals surface area contributed by atoms with Crippen molar-refractivity contribution in [2.45, 2.75) is 90.4 Å². The largest absolute Gasteiger partial charge is 0.299 e. The molecule has 1 aliphatic carbocycles. The molecule has 0 aromatic heterocycles. The Morgan fingerprint density at radius 2 is 1.42 bits per heavy atom. The molecule has 0 radical (unpaired) electrons. The number of hydrogen-bond acceptors (Lipinski definition) is 1. The Morgan fingerprint density at radius 3 is 2.00 bits per heavy atom. The number of ketones is 1. The van der Waals surface area contributed by atoms with E-state index in [9.17, 15) is 4.79 Å². The number of Topliss-reactive ketones (excluding diaryl/α,β-unsaturated/α-hetero) is 1. The molecule has 0 aromatic rings. The van der Waals surface area contributed by atoms with Gasteiger partial charge in [0, 0.05) is 12.3 Å².